The number of likely N-dealkylation sites (tertiary alicyclic amines) is 2. The lowest BCUT2D eigenvalue weighted by Gasteiger charge is -2.48. The fourth-order valence-corrected chi connectivity index (χ4v) is 6.28. The fourth-order valence-electron chi connectivity index (χ4n) is 5.99. The molecule has 0 bridgehead atoms. The molecule has 0 spiro atoms. The van der Waals surface area contributed by atoms with Gasteiger partial charge in [0, 0.05) is 32.1 Å². The number of aliphatic imine (C=N–C) groups is 1. The maximum absolute atomic E-state index is 13.0. The molecule has 0 saturated carbocycles. The number of hydrogen-bond donors (Lipinski definition) is 1. The van der Waals surface area contributed by atoms with Crippen LogP contribution in [-0.4, -0.2) is 88.3 Å². The highest BCUT2D eigenvalue weighted by atomic mass is 32.1. The van der Waals surface area contributed by atoms with Gasteiger partial charge in [-0.25, -0.2) is 4.99 Å². The Labute approximate surface area is 222 Å². The molecule has 1 atom stereocenters. The summed E-state index contributed by atoms with van der Waals surface area (Å²) >= 11 is 5.38. The van der Waals surface area contributed by atoms with Crippen molar-refractivity contribution in [2.24, 2.45) is 16.6 Å². The molecule has 0 aromatic rings. The van der Waals surface area contributed by atoms with Gasteiger partial charge in [0.25, 0.3) is 0 Å². The highest BCUT2D eigenvalue weighted by Crippen LogP contribution is 2.33. The van der Waals surface area contributed by atoms with Gasteiger partial charge < -0.3 is 20.1 Å². The maximum Gasteiger partial charge on any atom is 0.241 e. The molecule has 4 aliphatic heterocycles. The number of thiocarbonyl (C=S) groups is 1. The predicted molar refractivity (Wildman–Crippen MR) is 140 cm³/mol. The zero-order valence-corrected chi connectivity index (χ0v) is 22.0. The molecule has 1 unspecified atom stereocenters. The number of unbranched alkanes of at least 4 members (excludes halogenated alkanes) is 2. The molecule has 200 valence electrons. The maximum atomic E-state index is 13.0. The number of allylic oxidation sites excluding steroid dienone is 1. The van der Waals surface area contributed by atoms with Gasteiger partial charge in [-0.05, 0) is 69.9 Å². The molecule has 5 rings (SSSR count). The van der Waals surface area contributed by atoms with Gasteiger partial charge in [0.15, 0.2) is 11.5 Å². The fraction of sp³-hybridized carbons (Fsp3) is 0.654. The second kappa shape index (κ2) is 10.9. The Bertz CT molecular complexity index is 1060. The van der Waals surface area contributed by atoms with Gasteiger partial charge in [-0.2, -0.15) is 0 Å². The van der Waals surface area contributed by atoms with Crippen LogP contribution >= 0.6 is 12.2 Å². The van der Waals surface area contributed by atoms with Crippen LogP contribution in [0.5, 0.6) is 0 Å². The van der Waals surface area contributed by atoms with E-state index in [-0.39, 0.29) is 29.6 Å². The topological polar surface area (TPSA) is 118 Å². The van der Waals surface area contributed by atoms with Crippen LogP contribution in [0.4, 0.5) is 0 Å². The number of carbonyl (C=O) groups excluding carboxylic acids is 3. The Morgan fingerprint density at radius 1 is 1.05 bits per heavy atom. The highest BCUT2D eigenvalue weighted by Gasteiger charge is 2.45. The Hall–Kier alpha value is -2.79. The summed E-state index contributed by atoms with van der Waals surface area (Å²) in [6.07, 6.45) is 10.8. The molecule has 4 heterocycles. The van der Waals surface area contributed by atoms with Crippen LogP contribution in [0.3, 0.4) is 0 Å². The number of primary amides is 1. The molecule has 0 aromatic heterocycles. The molecular formula is C26H35N5O5S. The predicted octanol–water partition coefficient (Wildman–Crippen LogP) is 1.85. The smallest absolute Gasteiger partial charge is 0.241 e. The largest absolute Gasteiger partial charge is 0.454 e. The van der Waals surface area contributed by atoms with E-state index in [9.17, 15) is 14.4 Å². The number of nitrogens with zero attached hydrogens (tertiary/aromatic N) is 4. The molecule has 0 aromatic carbocycles. The number of ether oxygens (including phenoxy) is 2. The minimum absolute atomic E-state index is 0.107. The summed E-state index contributed by atoms with van der Waals surface area (Å²) < 4.78 is 10.8. The lowest BCUT2D eigenvalue weighted by atomic mass is 9.83. The molecule has 1 aliphatic carbocycles. The molecule has 2 N–H and O–H groups in total. The van der Waals surface area contributed by atoms with Crippen LogP contribution in [0.25, 0.3) is 0 Å². The molecule has 3 amide bonds. The first-order chi connectivity index (χ1) is 17.9. The molecule has 3 fully saturated rings. The zero-order chi connectivity index (χ0) is 26.0. The van der Waals surface area contributed by atoms with Gasteiger partial charge in [0.1, 0.15) is 11.5 Å². The number of carbonyl (C=O) groups is 3. The normalized spacial score (nSPS) is 25.3. The zero-order valence-electron chi connectivity index (χ0n) is 21.2. The van der Waals surface area contributed by atoms with Crippen LogP contribution in [0.15, 0.2) is 28.7 Å². The molecule has 10 nitrogen and oxygen atoms in total. The van der Waals surface area contributed by atoms with Crippen LogP contribution in [0.2, 0.25) is 0 Å². The van der Waals surface area contributed by atoms with Crippen molar-refractivity contribution in [3.63, 3.8) is 0 Å². The van der Waals surface area contributed by atoms with Crippen molar-refractivity contribution in [1.29, 1.82) is 0 Å². The summed E-state index contributed by atoms with van der Waals surface area (Å²) in [6, 6.07) is 0. The van der Waals surface area contributed by atoms with E-state index in [4.69, 9.17) is 27.4 Å². The summed E-state index contributed by atoms with van der Waals surface area (Å²) in [7, 11) is 0. The van der Waals surface area contributed by atoms with E-state index in [1.807, 2.05) is 4.90 Å². The van der Waals surface area contributed by atoms with Crippen molar-refractivity contribution < 1.29 is 23.9 Å². The molecule has 5 aliphatic rings. The second-order valence-corrected chi connectivity index (χ2v) is 10.7. The number of rotatable bonds is 8. The van der Waals surface area contributed by atoms with Crippen molar-refractivity contribution in [3.05, 3.63) is 23.7 Å². The average Bonchev–Trinajstić information content (AvgIpc) is 3.37. The Morgan fingerprint density at radius 3 is 2.51 bits per heavy atom. The number of fused-ring (bicyclic) bond motifs is 2. The molecule has 0 radical (unpaired) electrons. The van der Waals surface area contributed by atoms with Crippen LogP contribution in [-0.2, 0) is 23.9 Å². The van der Waals surface area contributed by atoms with Gasteiger partial charge in [0.05, 0.1) is 5.71 Å². The van der Waals surface area contributed by atoms with Gasteiger partial charge in [-0.15, -0.1) is 0 Å². The summed E-state index contributed by atoms with van der Waals surface area (Å²) in [4.78, 5) is 48.4. The number of nitrogens with two attached hydrogens (primary N) is 1. The SMILES string of the molecule is NC(=O)C1(N2CCCCC2)CCN(C(=O)CCCCCN2C(=O)C3C=C4OCOC4=CC3=NC2=S)CC1. The minimum atomic E-state index is -0.610. The van der Waals surface area contributed by atoms with E-state index >= 15 is 0 Å². The number of hydrogen-bond acceptors (Lipinski definition) is 7. The van der Waals surface area contributed by atoms with E-state index in [2.05, 4.69) is 9.89 Å². The van der Waals surface area contributed by atoms with Gasteiger partial charge in [-0.3, -0.25) is 24.2 Å². The third-order valence-electron chi connectivity index (χ3n) is 8.21. The summed E-state index contributed by atoms with van der Waals surface area (Å²) in [5.41, 5.74) is 5.84. The van der Waals surface area contributed by atoms with E-state index in [1.54, 1.807) is 17.1 Å². The molecule has 11 heteroatoms. The van der Waals surface area contributed by atoms with E-state index in [0.717, 1.165) is 45.2 Å². The summed E-state index contributed by atoms with van der Waals surface area (Å²) in [6.45, 7) is 3.56. The quantitative estimate of drug-likeness (QED) is 0.377. The third kappa shape index (κ3) is 5.16. The van der Waals surface area contributed by atoms with Crippen LogP contribution in [0, 0.1) is 5.92 Å². The van der Waals surface area contributed by atoms with Crippen molar-refractivity contribution in [2.45, 2.75) is 63.3 Å². The lowest BCUT2D eigenvalue weighted by Crippen LogP contribution is -2.63. The highest BCUT2D eigenvalue weighted by molar-refractivity contribution is 7.80. The monoisotopic (exact) mass is 529 g/mol. The van der Waals surface area contributed by atoms with Crippen molar-refractivity contribution >= 4 is 40.8 Å². The van der Waals surface area contributed by atoms with E-state index in [1.165, 1.54) is 6.42 Å². The van der Waals surface area contributed by atoms with Gasteiger partial charge in [0.2, 0.25) is 29.6 Å². The average molecular weight is 530 g/mol. The Morgan fingerprint density at radius 2 is 1.78 bits per heavy atom. The third-order valence-corrected chi connectivity index (χ3v) is 8.52. The first kappa shape index (κ1) is 25.8. The van der Waals surface area contributed by atoms with Crippen molar-refractivity contribution in [2.75, 3.05) is 39.5 Å². The van der Waals surface area contributed by atoms with Gasteiger partial charge >= 0.3 is 0 Å². The standard InChI is InChI=1S/C26H35N5O5S/c27-24(34)26(30-10-4-2-5-11-30)8-13-29(14-9-26)22(32)7-3-1-6-12-31-23(33)18-15-20-21(36-17-35-20)16-19(18)28-25(31)37/h15-16,18H,1-14,17H2,(H2,27,34). The summed E-state index contributed by atoms with van der Waals surface area (Å²) in [5.74, 6) is 0.406. The first-order valence-electron chi connectivity index (χ1n) is 13.4. The lowest BCUT2D eigenvalue weighted by molar-refractivity contribution is -0.142. The van der Waals surface area contributed by atoms with Gasteiger partial charge in [-0.1, -0.05) is 12.8 Å². The number of amides is 3. The molecular weight excluding hydrogens is 494 g/mol. The first-order valence-corrected chi connectivity index (χ1v) is 13.8. The molecule has 37 heavy (non-hydrogen) atoms. The Kier molecular flexibility index (Phi) is 7.62. The van der Waals surface area contributed by atoms with Crippen LogP contribution in [0.1, 0.15) is 57.8 Å². The van der Waals surface area contributed by atoms with E-state index in [0.29, 0.717) is 56.1 Å². The minimum Gasteiger partial charge on any atom is -0.454 e. The number of piperidine rings is 2. The van der Waals surface area contributed by atoms with E-state index < -0.39 is 11.5 Å². The second-order valence-electron chi connectivity index (χ2n) is 10.4. The van der Waals surface area contributed by atoms with Crippen LogP contribution < -0.4 is 5.73 Å². The molecule has 3 saturated heterocycles. The summed E-state index contributed by atoms with van der Waals surface area (Å²) in [5, 5.41) is 0.264. The Balaban J connectivity index is 1.05. The van der Waals surface area contributed by atoms with Crippen molar-refractivity contribution in [3.8, 4) is 0 Å². The van der Waals surface area contributed by atoms with Crippen molar-refractivity contribution in [1.82, 2.24) is 14.7 Å².